The van der Waals surface area contributed by atoms with Crippen LogP contribution in [-0.2, 0) is 6.42 Å². The Morgan fingerprint density at radius 3 is 1.42 bits per heavy atom. The van der Waals surface area contributed by atoms with Crippen molar-refractivity contribution in [1.82, 2.24) is 4.57 Å². The Kier molecular flexibility index (Phi) is 4.65. The molecular weight excluding hydrogens is 458 g/mol. The largest absolute Gasteiger partial charge is 0.309 e. The van der Waals surface area contributed by atoms with E-state index >= 15 is 0 Å². The topological polar surface area (TPSA) is 4.93 Å². The van der Waals surface area contributed by atoms with Gasteiger partial charge in [-0.2, -0.15) is 0 Å². The van der Waals surface area contributed by atoms with Crippen molar-refractivity contribution >= 4 is 54.1 Å². The lowest BCUT2D eigenvalue weighted by atomic mass is 9.92. The highest BCUT2D eigenvalue weighted by molar-refractivity contribution is 6.25. The van der Waals surface area contributed by atoms with Crippen LogP contribution in [-0.4, -0.2) is 4.57 Å². The normalized spacial score (nSPS) is 11.8. The fraction of sp³-hybridized carbons (Fsp3) is 0.0270. The Morgan fingerprint density at radius 1 is 0.342 bits per heavy atom. The maximum atomic E-state index is 2.40. The molecule has 0 unspecified atom stereocenters. The summed E-state index contributed by atoms with van der Waals surface area (Å²) < 4.78 is 2.40. The fourth-order valence-electron chi connectivity index (χ4n) is 6.31. The van der Waals surface area contributed by atoms with E-state index in [-0.39, 0.29) is 0 Å². The first-order chi connectivity index (χ1) is 18.8. The average molecular weight is 484 g/mol. The van der Waals surface area contributed by atoms with Crippen molar-refractivity contribution < 1.29 is 0 Å². The van der Waals surface area contributed by atoms with Gasteiger partial charge in [0.05, 0.1) is 11.0 Å². The first-order valence-corrected chi connectivity index (χ1v) is 13.2. The highest BCUT2D eigenvalue weighted by Crippen LogP contribution is 2.36. The monoisotopic (exact) mass is 483 g/mol. The Balaban J connectivity index is 1.27. The lowest BCUT2D eigenvalue weighted by molar-refractivity contribution is 1.14. The molecule has 0 aliphatic rings. The quantitative estimate of drug-likeness (QED) is 0.220. The van der Waals surface area contributed by atoms with Gasteiger partial charge in [-0.05, 0) is 74.1 Å². The van der Waals surface area contributed by atoms with E-state index in [9.17, 15) is 0 Å². The minimum absolute atomic E-state index is 0.891. The summed E-state index contributed by atoms with van der Waals surface area (Å²) in [6.07, 6.45) is 0.891. The minimum Gasteiger partial charge on any atom is -0.309 e. The number of hydrogen-bond acceptors (Lipinski definition) is 0. The zero-order valence-electron chi connectivity index (χ0n) is 20.9. The molecule has 0 spiro atoms. The van der Waals surface area contributed by atoms with Gasteiger partial charge in [-0.25, -0.2) is 0 Å². The zero-order valence-corrected chi connectivity index (χ0v) is 20.9. The summed E-state index contributed by atoms with van der Waals surface area (Å²) in [5.41, 5.74) is 6.34. The van der Waals surface area contributed by atoms with Crippen molar-refractivity contribution in [3.63, 3.8) is 0 Å². The summed E-state index contributed by atoms with van der Waals surface area (Å²) >= 11 is 0. The third-order valence-electron chi connectivity index (χ3n) is 7.97. The minimum atomic E-state index is 0.891. The van der Waals surface area contributed by atoms with Gasteiger partial charge in [-0.1, -0.05) is 115 Å². The first kappa shape index (κ1) is 21.2. The van der Waals surface area contributed by atoms with E-state index in [1.54, 1.807) is 0 Å². The number of aromatic nitrogens is 1. The molecule has 1 aromatic heterocycles. The number of rotatable bonds is 3. The van der Waals surface area contributed by atoms with Crippen molar-refractivity contribution in [2.75, 3.05) is 0 Å². The maximum absolute atomic E-state index is 2.40. The third kappa shape index (κ3) is 3.19. The van der Waals surface area contributed by atoms with Crippen molar-refractivity contribution in [3.05, 3.63) is 151 Å². The standard InChI is InChI=1S/C37H25N/c1-2-14-30-28(12-1)29-13-3-4-15-31(29)35-24-26(20-21-32(30)35)22-25-10-9-11-27(23-25)38-36-18-7-5-16-33(36)34-17-6-8-19-37(34)38/h1-21,23-24H,22H2. The summed E-state index contributed by atoms with van der Waals surface area (Å²) in [7, 11) is 0. The smallest absolute Gasteiger partial charge is 0.0541 e. The molecule has 0 bridgehead atoms. The van der Waals surface area contributed by atoms with Crippen LogP contribution in [0.25, 0.3) is 59.8 Å². The molecule has 0 saturated carbocycles. The molecule has 8 aromatic rings. The van der Waals surface area contributed by atoms with Crippen LogP contribution in [0.5, 0.6) is 0 Å². The van der Waals surface area contributed by atoms with Crippen molar-refractivity contribution in [2.24, 2.45) is 0 Å². The van der Waals surface area contributed by atoms with Crippen LogP contribution in [0.1, 0.15) is 11.1 Å². The zero-order chi connectivity index (χ0) is 25.1. The van der Waals surface area contributed by atoms with Crippen LogP contribution >= 0.6 is 0 Å². The van der Waals surface area contributed by atoms with E-state index in [4.69, 9.17) is 0 Å². The highest BCUT2D eigenvalue weighted by atomic mass is 15.0. The van der Waals surface area contributed by atoms with E-state index in [2.05, 4.69) is 144 Å². The van der Waals surface area contributed by atoms with Gasteiger partial charge in [0, 0.05) is 16.5 Å². The lowest BCUT2D eigenvalue weighted by Crippen LogP contribution is -1.96. The Bertz CT molecular complexity index is 2070. The second kappa shape index (κ2) is 8.33. The molecule has 1 heterocycles. The molecule has 0 atom stereocenters. The molecule has 178 valence electrons. The van der Waals surface area contributed by atoms with Crippen molar-refractivity contribution in [1.29, 1.82) is 0 Å². The number of fused-ring (bicyclic) bond motifs is 9. The summed E-state index contributed by atoms with van der Waals surface area (Å²) in [6.45, 7) is 0. The molecule has 0 aliphatic heterocycles. The maximum Gasteiger partial charge on any atom is 0.0541 e. The summed E-state index contributed by atoms with van der Waals surface area (Å²) in [6, 6.07) is 51.0. The molecule has 0 amide bonds. The molecule has 1 heteroatoms. The van der Waals surface area contributed by atoms with Gasteiger partial charge in [-0.3, -0.25) is 0 Å². The Labute approximate surface area is 221 Å². The van der Waals surface area contributed by atoms with Crippen molar-refractivity contribution in [3.8, 4) is 5.69 Å². The van der Waals surface area contributed by atoms with Gasteiger partial charge in [0.15, 0.2) is 0 Å². The molecule has 7 aromatic carbocycles. The van der Waals surface area contributed by atoms with Gasteiger partial charge >= 0.3 is 0 Å². The first-order valence-electron chi connectivity index (χ1n) is 13.2. The van der Waals surface area contributed by atoms with Gasteiger partial charge in [-0.15, -0.1) is 0 Å². The van der Waals surface area contributed by atoms with E-state index in [0.717, 1.165) is 6.42 Å². The number of benzene rings is 7. The van der Waals surface area contributed by atoms with Gasteiger partial charge in [0.2, 0.25) is 0 Å². The van der Waals surface area contributed by atoms with Crippen LogP contribution in [0, 0.1) is 0 Å². The van der Waals surface area contributed by atoms with Crippen LogP contribution in [0.2, 0.25) is 0 Å². The predicted octanol–water partition coefficient (Wildman–Crippen LogP) is 9.83. The molecule has 8 rings (SSSR count). The number of nitrogens with zero attached hydrogens (tertiary/aromatic N) is 1. The lowest BCUT2D eigenvalue weighted by Gasteiger charge is -2.13. The SMILES string of the molecule is c1cc(Cc2ccc3c4ccccc4c4ccccc4c3c2)cc(-n2c3ccccc3c3ccccc32)c1. The van der Waals surface area contributed by atoms with E-state index in [1.165, 1.54) is 70.9 Å². The van der Waals surface area contributed by atoms with E-state index < -0.39 is 0 Å². The van der Waals surface area contributed by atoms with Gasteiger partial charge < -0.3 is 4.57 Å². The van der Waals surface area contributed by atoms with Crippen molar-refractivity contribution in [2.45, 2.75) is 6.42 Å². The molecule has 0 N–H and O–H groups in total. The number of hydrogen-bond donors (Lipinski definition) is 0. The third-order valence-corrected chi connectivity index (χ3v) is 7.97. The summed E-state index contributed by atoms with van der Waals surface area (Å²) in [5, 5.41) is 10.5. The average Bonchev–Trinajstić information content (AvgIpc) is 3.32. The second-order valence-corrected chi connectivity index (χ2v) is 10.2. The van der Waals surface area contributed by atoms with Gasteiger partial charge in [0.1, 0.15) is 0 Å². The van der Waals surface area contributed by atoms with E-state index in [1.807, 2.05) is 0 Å². The molecule has 1 nitrogen and oxygen atoms in total. The molecule has 0 saturated heterocycles. The molecule has 0 fully saturated rings. The highest BCUT2D eigenvalue weighted by Gasteiger charge is 2.12. The predicted molar refractivity (Wildman–Crippen MR) is 163 cm³/mol. The van der Waals surface area contributed by atoms with Crippen LogP contribution in [0.4, 0.5) is 0 Å². The Hall–Kier alpha value is -4.88. The molecular formula is C37H25N. The Morgan fingerprint density at radius 2 is 0.816 bits per heavy atom. The summed E-state index contributed by atoms with van der Waals surface area (Å²) in [4.78, 5) is 0. The second-order valence-electron chi connectivity index (χ2n) is 10.2. The van der Waals surface area contributed by atoms with Crippen LogP contribution in [0.3, 0.4) is 0 Å². The summed E-state index contributed by atoms with van der Waals surface area (Å²) in [5.74, 6) is 0. The molecule has 0 aliphatic carbocycles. The molecule has 0 radical (unpaired) electrons. The number of para-hydroxylation sites is 2. The van der Waals surface area contributed by atoms with Crippen LogP contribution < -0.4 is 0 Å². The fourth-order valence-corrected chi connectivity index (χ4v) is 6.31. The molecule has 38 heavy (non-hydrogen) atoms. The van der Waals surface area contributed by atoms with Crippen LogP contribution in [0.15, 0.2) is 140 Å². The van der Waals surface area contributed by atoms with Gasteiger partial charge in [0.25, 0.3) is 0 Å². The van der Waals surface area contributed by atoms with E-state index in [0.29, 0.717) is 0 Å².